The van der Waals surface area contributed by atoms with Crippen molar-refractivity contribution in [2.45, 2.75) is 88.3 Å². The summed E-state index contributed by atoms with van der Waals surface area (Å²) in [5, 5.41) is 19.5. The van der Waals surface area contributed by atoms with Crippen molar-refractivity contribution in [3.8, 4) is 0 Å². The van der Waals surface area contributed by atoms with Crippen LogP contribution in [0.25, 0.3) is 0 Å². The lowest BCUT2D eigenvalue weighted by atomic mass is 9.66. The number of carboxylic acid groups (broad SMARTS) is 1. The summed E-state index contributed by atoms with van der Waals surface area (Å²) >= 11 is 1.55. The average Bonchev–Trinajstić information content (AvgIpc) is 3.22. The Labute approximate surface area is 202 Å². The lowest BCUT2D eigenvalue weighted by molar-refractivity contribution is -0.150. The molecule has 0 aromatic heterocycles. The molecule has 5 atom stereocenters. The predicted octanol–water partition coefficient (Wildman–Crippen LogP) is 3.16. The Bertz CT molecular complexity index is 837. The number of aliphatic hydroxyl groups is 1. The molecule has 8 heteroatoms. The molecule has 0 aromatic rings. The molecule has 186 valence electrons. The first-order valence-corrected chi connectivity index (χ1v) is 12.7. The quantitative estimate of drug-likeness (QED) is 0.492. The summed E-state index contributed by atoms with van der Waals surface area (Å²) in [6, 6.07) is -0.739. The topological polar surface area (TPSA) is 98.2 Å². The number of carboxylic acids is 1. The lowest BCUT2D eigenvalue weighted by Gasteiger charge is -2.46. The zero-order chi connectivity index (χ0) is 25.0. The zero-order valence-electron chi connectivity index (χ0n) is 20.9. The number of hydrogen-bond acceptors (Lipinski definition) is 5. The molecule has 0 aromatic carbocycles. The van der Waals surface area contributed by atoms with Crippen LogP contribution in [0.4, 0.5) is 0 Å². The summed E-state index contributed by atoms with van der Waals surface area (Å²) in [6.07, 6.45) is 4.14. The fraction of sp³-hybridized carbons (Fsp3) is 0.800. The molecule has 2 unspecified atom stereocenters. The number of carbonyl (C=O) groups excluding carboxylic acids is 2. The van der Waals surface area contributed by atoms with E-state index in [4.69, 9.17) is 0 Å². The molecule has 7 nitrogen and oxygen atoms in total. The first-order valence-electron chi connectivity index (χ1n) is 11.9. The molecule has 3 aliphatic heterocycles. The van der Waals surface area contributed by atoms with Gasteiger partial charge in [-0.3, -0.25) is 14.4 Å². The molecule has 0 radical (unpaired) electrons. The van der Waals surface area contributed by atoms with Gasteiger partial charge in [0.2, 0.25) is 11.8 Å². The molecule has 0 aliphatic carbocycles. The van der Waals surface area contributed by atoms with Crippen LogP contribution in [0.1, 0.15) is 67.2 Å². The lowest BCUT2D eigenvalue weighted by Crippen LogP contribution is -2.60. The van der Waals surface area contributed by atoms with Gasteiger partial charge in [0, 0.05) is 30.0 Å². The van der Waals surface area contributed by atoms with Crippen molar-refractivity contribution >= 4 is 29.5 Å². The molecule has 3 rings (SSSR count). The normalized spacial score (nSPS) is 33.4. The van der Waals surface area contributed by atoms with Gasteiger partial charge in [-0.25, -0.2) is 0 Å². The number of aliphatic hydroxyl groups excluding tert-OH is 1. The summed E-state index contributed by atoms with van der Waals surface area (Å²) in [7, 11) is 0. The minimum atomic E-state index is -0.962. The molecule has 3 heterocycles. The second-order valence-electron chi connectivity index (χ2n) is 12.0. The van der Waals surface area contributed by atoms with E-state index in [0.717, 1.165) is 6.42 Å². The number of hydrogen-bond donors (Lipinski definition) is 2. The minimum absolute atomic E-state index is 0.0193. The number of thioether (sulfide) groups is 1. The van der Waals surface area contributed by atoms with Gasteiger partial charge in [-0.2, -0.15) is 0 Å². The highest BCUT2D eigenvalue weighted by atomic mass is 32.2. The maximum atomic E-state index is 14.4. The molecule has 2 N–H and O–H groups in total. The molecular weight excluding hydrogens is 440 g/mol. The Kier molecular flexibility index (Phi) is 6.79. The Morgan fingerprint density at radius 2 is 1.91 bits per heavy atom. The van der Waals surface area contributed by atoms with E-state index in [0.29, 0.717) is 25.8 Å². The monoisotopic (exact) mass is 480 g/mol. The molecule has 3 saturated heterocycles. The fourth-order valence-corrected chi connectivity index (χ4v) is 9.21. The van der Waals surface area contributed by atoms with Gasteiger partial charge in [0.15, 0.2) is 0 Å². The van der Waals surface area contributed by atoms with Gasteiger partial charge >= 0.3 is 5.97 Å². The van der Waals surface area contributed by atoms with Crippen LogP contribution in [0, 0.1) is 17.3 Å². The van der Waals surface area contributed by atoms with Crippen molar-refractivity contribution in [3.63, 3.8) is 0 Å². The van der Waals surface area contributed by atoms with E-state index >= 15 is 0 Å². The average molecular weight is 481 g/mol. The largest absolute Gasteiger partial charge is 0.481 e. The van der Waals surface area contributed by atoms with Crippen LogP contribution in [0.5, 0.6) is 0 Å². The van der Waals surface area contributed by atoms with Gasteiger partial charge in [-0.1, -0.05) is 26.8 Å². The maximum absolute atomic E-state index is 14.4. The molecule has 1 spiro atoms. The van der Waals surface area contributed by atoms with Gasteiger partial charge in [0.05, 0.1) is 16.6 Å². The molecule has 2 bridgehead atoms. The first kappa shape index (κ1) is 26.1. The van der Waals surface area contributed by atoms with E-state index in [9.17, 15) is 24.6 Å². The van der Waals surface area contributed by atoms with Gasteiger partial charge < -0.3 is 20.0 Å². The van der Waals surface area contributed by atoms with Crippen molar-refractivity contribution in [2.75, 3.05) is 19.7 Å². The standard InChI is InChI=1S/C25H40N2O5S/c1-8-12-27(23(5,6)15-22(2,3)4)20(30)18-25-11-10-24(7,33-25)17(21(31)32)16(25)19(29)26(18)13-9-14-28/h8,16-18,28H,1,9-15H2,2-7H3,(H,31,32)/t16-,17-,18?,24+,25?/m0/s1. The molecule has 0 saturated carbocycles. The first-order chi connectivity index (χ1) is 15.1. The van der Waals surface area contributed by atoms with Crippen LogP contribution in [0.3, 0.4) is 0 Å². The number of rotatable bonds is 9. The van der Waals surface area contributed by atoms with Gasteiger partial charge in [-0.05, 0) is 51.9 Å². The summed E-state index contributed by atoms with van der Waals surface area (Å²) in [5.41, 5.74) is -0.504. The molecule has 2 amide bonds. The zero-order valence-corrected chi connectivity index (χ0v) is 21.7. The van der Waals surface area contributed by atoms with E-state index in [-0.39, 0.29) is 30.4 Å². The number of carbonyl (C=O) groups is 3. The fourth-order valence-electron chi connectivity index (χ4n) is 6.87. The Hall–Kier alpha value is -1.54. The predicted molar refractivity (Wildman–Crippen MR) is 130 cm³/mol. The second kappa shape index (κ2) is 8.59. The number of likely N-dealkylation sites (tertiary alicyclic amines) is 1. The Balaban J connectivity index is 2.09. The molecule has 3 aliphatic rings. The molecule has 33 heavy (non-hydrogen) atoms. The van der Waals surface area contributed by atoms with E-state index < -0.39 is 38.9 Å². The van der Waals surface area contributed by atoms with Crippen LogP contribution in [0.2, 0.25) is 0 Å². The summed E-state index contributed by atoms with van der Waals surface area (Å²) in [6.45, 7) is 16.8. The number of nitrogens with zero attached hydrogens (tertiary/aromatic N) is 2. The third kappa shape index (κ3) is 4.22. The van der Waals surface area contributed by atoms with Crippen LogP contribution in [-0.2, 0) is 14.4 Å². The minimum Gasteiger partial charge on any atom is -0.481 e. The smallest absolute Gasteiger partial charge is 0.308 e. The Morgan fingerprint density at radius 3 is 2.42 bits per heavy atom. The van der Waals surface area contributed by atoms with Gasteiger partial charge in [0.25, 0.3) is 0 Å². The van der Waals surface area contributed by atoms with Gasteiger partial charge in [0.1, 0.15) is 6.04 Å². The highest BCUT2D eigenvalue weighted by molar-refractivity contribution is 8.02. The van der Waals surface area contributed by atoms with Crippen molar-refractivity contribution < 1.29 is 24.6 Å². The highest BCUT2D eigenvalue weighted by Gasteiger charge is 2.77. The maximum Gasteiger partial charge on any atom is 0.308 e. The van der Waals surface area contributed by atoms with E-state index in [1.165, 1.54) is 0 Å². The van der Waals surface area contributed by atoms with Crippen LogP contribution >= 0.6 is 11.8 Å². The number of aliphatic carboxylic acids is 1. The van der Waals surface area contributed by atoms with Crippen LogP contribution in [0.15, 0.2) is 12.7 Å². The summed E-state index contributed by atoms with van der Waals surface area (Å²) in [5.74, 6) is -2.88. The van der Waals surface area contributed by atoms with Crippen molar-refractivity contribution in [2.24, 2.45) is 17.3 Å². The van der Waals surface area contributed by atoms with Crippen LogP contribution < -0.4 is 0 Å². The summed E-state index contributed by atoms with van der Waals surface area (Å²) in [4.78, 5) is 43.8. The van der Waals surface area contributed by atoms with Crippen molar-refractivity contribution in [1.82, 2.24) is 9.80 Å². The van der Waals surface area contributed by atoms with Crippen LogP contribution in [-0.4, -0.2) is 78.6 Å². The molecule has 3 fully saturated rings. The van der Waals surface area contributed by atoms with E-state index in [1.54, 1.807) is 22.7 Å². The summed E-state index contributed by atoms with van der Waals surface area (Å²) < 4.78 is -1.31. The van der Waals surface area contributed by atoms with Gasteiger partial charge in [-0.15, -0.1) is 18.3 Å². The van der Waals surface area contributed by atoms with E-state index in [2.05, 4.69) is 27.4 Å². The molecular formula is C25H40N2O5S. The SMILES string of the molecule is C=CCN(C(=O)C1N(CCCO)C(=O)[C@@H]2[C@@H](C(=O)O)[C@@]3(C)CCC12S3)C(C)(C)CC(C)(C)C. The second-order valence-corrected chi connectivity index (χ2v) is 13.9. The van der Waals surface area contributed by atoms with E-state index in [1.807, 2.05) is 25.7 Å². The van der Waals surface area contributed by atoms with Crippen molar-refractivity contribution in [3.05, 3.63) is 12.7 Å². The third-order valence-corrected chi connectivity index (χ3v) is 9.59. The third-order valence-electron chi connectivity index (χ3n) is 7.61. The number of amides is 2. The number of fused-ring (bicyclic) bond motifs is 1. The Morgan fingerprint density at radius 1 is 1.27 bits per heavy atom. The van der Waals surface area contributed by atoms with Crippen molar-refractivity contribution in [1.29, 1.82) is 0 Å². The highest BCUT2D eigenvalue weighted by Crippen LogP contribution is 2.71.